The van der Waals surface area contributed by atoms with Crippen LogP contribution in [0, 0.1) is 17.4 Å². The molecule has 4 aromatic rings. The third-order valence-electron chi connectivity index (χ3n) is 7.78. The van der Waals surface area contributed by atoms with Crippen molar-refractivity contribution in [2.24, 2.45) is 11.3 Å². The van der Waals surface area contributed by atoms with Crippen LogP contribution in [0.1, 0.15) is 60.3 Å². The molecule has 1 aliphatic rings. The Labute approximate surface area is 239 Å². The molecule has 0 aliphatic carbocycles. The molecule has 0 fully saturated rings. The van der Waals surface area contributed by atoms with Gasteiger partial charge in [0.1, 0.15) is 5.75 Å². The van der Waals surface area contributed by atoms with E-state index < -0.39 is 0 Å². The molecule has 4 nitrogen and oxygen atoms in total. The van der Waals surface area contributed by atoms with Crippen LogP contribution >= 0.6 is 0 Å². The SMILES string of the molecule is CCC(CC)/C(O)=C/C(=O)C(C)(CC)CC.[Ir].[c-]1ccc2cccc3c2c1-c1nc2ccccc2cc1O3. The summed E-state index contributed by atoms with van der Waals surface area (Å²) in [4.78, 5) is 16.8. The van der Waals surface area contributed by atoms with E-state index in [0.717, 1.165) is 70.1 Å². The van der Waals surface area contributed by atoms with Crippen molar-refractivity contribution in [3.05, 3.63) is 78.6 Å². The number of benzene rings is 3. The number of rotatable bonds is 7. The van der Waals surface area contributed by atoms with Crippen LogP contribution in [0.3, 0.4) is 0 Å². The average Bonchev–Trinajstić information content (AvgIpc) is 2.93. The molecule has 5 rings (SSSR count). The van der Waals surface area contributed by atoms with E-state index in [1.54, 1.807) is 0 Å². The zero-order valence-electron chi connectivity index (χ0n) is 22.8. The minimum absolute atomic E-state index is 0. The van der Waals surface area contributed by atoms with Gasteiger partial charge in [0.15, 0.2) is 5.78 Å². The Balaban J connectivity index is 0.000000215. The number of carbonyl (C=O) groups excluding carboxylic acids is 1. The van der Waals surface area contributed by atoms with E-state index in [4.69, 9.17) is 9.72 Å². The molecule has 1 aromatic heterocycles. The number of nitrogens with zero attached hydrogens (tertiary/aromatic N) is 1. The Kier molecular flexibility index (Phi) is 9.87. The van der Waals surface area contributed by atoms with Gasteiger partial charge in [-0.1, -0.05) is 75.7 Å². The van der Waals surface area contributed by atoms with Crippen LogP contribution in [0.25, 0.3) is 32.9 Å². The quantitative estimate of drug-likeness (QED) is 0.105. The van der Waals surface area contributed by atoms with Crippen molar-refractivity contribution in [3.63, 3.8) is 0 Å². The van der Waals surface area contributed by atoms with Crippen molar-refractivity contribution in [1.82, 2.24) is 4.98 Å². The van der Waals surface area contributed by atoms with Gasteiger partial charge in [0.05, 0.1) is 17.0 Å². The normalized spacial score (nSPS) is 12.3. The molecule has 0 atom stereocenters. The Morgan fingerprint density at radius 3 is 2.37 bits per heavy atom. The Hall–Kier alpha value is -3.01. The molecular weight excluding hydrogens is 651 g/mol. The fraction of sp³-hybridized carbons (Fsp3) is 0.333. The second-order valence-electron chi connectivity index (χ2n) is 9.92. The van der Waals surface area contributed by atoms with E-state index in [-0.39, 0.29) is 43.0 Å². The maximum atomic E-state index is 12.0. The summed E-state index contributed by atoms with van der Waals surface area (Å²) in [5.41, 5.74) is 2.55. The number of aliphatic hydroxyl groups is 1. The van der Waals surface area contributed by atoms with E-state index in [9.17, 15) is 9.90 Å². The number of ether oxygens (including phenoxy) is 1. The molecule has 0 spiro atoms. The van der Waals surface area contributed by atoms with Gasteiger partial charge in [0.25, 0.3) is 0 Å². The molecule has 0 amide bonds. The predicted molar refractivity (Wildman–Crippen MR) is 152 cm³/mol. The molecule has 2 heterocycles. The summed E-state index contributed by atoms with van der Waals surface area (Å²) in [7, 11) is 0. The molecule has 38 heavy (non-hydrogen) atoms. The van der Waals surface area contributed by atoms with Crippen molar-refractivity contribution in [3.8, 4) is 22.8 Å². The largest absolute Gasteiger partial charge is 0.512 e. The van der Waals surface area contributed by atoms with Gasteiger partial charge in [-0.2, -0.15) is 0 Å². The number of fused-ring (bicyclic) bond motifs is 3. The third kappa shape index (κ3) is 5.85. The fourth-order valence-corrected chi connectivity index (χ4v) is 4.72. The van der Waals surface area contributed by atoms with E-state index in [1.807, 2.05) is 71.0 Å². The number of aromatic nitrogens is 1. The summed E-state index contributed by atoms with van der Waals surface area (Å²) in [6, 6.07) is 23.6. The molecule has 3 aromatic carbocycles. The number of hydrogen-bond acceptors (Lipinski definition) is 4. The van der Waals surface area contributed by atoms with Crippen LogP contribution in [-0.4, -0.2) is 15.9 Å². The van der Waals surface area contributed by atoms with Crippen LogP contribution in [0.15, 0.2) is 72.5 Å². The molecule has 201 valence electrons. The van der Waals surface area contributed by atoms with Gasteiger partial charge in [-0.05, 0) is 43.9 Å². The molecule has 5 heteroatoms. The summed E-state index contributed by atoms with van der Waals surface area (Å²) in [5.74, 6) is 2.12. The summed E-state index contributed by atoms with van der Waals surface area (Å²) in [6.45, 7) is 10.1. The van der Waals surface area contributed by atoms with Crippen LogP contribution < -0.4 is 4.74 Å². The van der Waals surface area contributed by atoms with Crippen molar-refractivity contribution >= 4 is 27.5 Å². The fourth-order valence-electron chi connectivity index (χ4n) is 4.72. The Bertz CT molecular complexity index is 1450. The van der Waals surface area contributed by atoms with Gasteiger partial charge in [-0.15, -0.1) is 23.8 Å². The van der Waals surface area contributed by atoms with Crippen LogP contribution in [0.4, 0.5) is 0 Å². The number of hydrogen-bond donors (Lipinski definition) is 1. The molecule has 0 unspecified atom stereocenters. The molecule has 0 saturated heterocycles. The first-order valence-corrected chi connectivity index (χ1v) is 13.3. The number of allylic oxidation sites excluding steroid dienone is 2. The van der Waals surface area contributed by atoms with Crippen molar-refractivity contribution in [2.75, 3.05) is 0 Å². The number of aliphatic hydroxyl groups excluding tert-OH is 1. The maximum Gasteiger partial charge on any atom is 0.164 e. The van der Waals surface area contributed by atoms with Gasteiger partial charge in [0.2, 0.25) is 0 Å². The average molecular weight is 687 g/mol. The molecule has 0 bridgehead atoms. The van der Waals surface area contributed by atoms with Gasteiger partial charge >= 0.3 is 0 Å². The monoisotopic (exact) mass is 687 g/mol. The van der Waals surface area contributed by atoms with Gasteiger partial charge in [0, 0.05) is 48.6 Å². The number of ketones is 1. The molecular formula is C33H36IrNO3-. The van der Waals surface area contributed by atoms with Gasteiger partial charge in [-0.25, -0.2) is 0 Å². The van der Waals surface area contributed by atoms with Gasteiger partial charge < -0.3 is 9.84 Å². The minimum Gasteiger partial charge on any atom is -0.512 e. The second-order valence-corrected chi connectivity index (χ2v) is 9.92. The van der Waals surface area contributed by atoms with Crippen LogP contribution in [0.2, 0.25) is 0 Å². The second kappa shape index (κ2) is 12.7. The molecule has 1 aliphatic heterocycles. The zero-order chi connectivity index (χ0) is 26.6. The first-order chi connectivity index (χ1) is 17.8. The summed E-state index contributed by atoms with van der Waals surface area (Å²) in [5, 5.41) is 13.2. The maximum absolute atomic E-state index is 12.0. The van der Waals surface area contributed by atoms with E-state index in [2.05, 4.69) is 30.3 Å². The minimum atomic E-state index is -0.319. The standard InChI is InChI=1S/C19H10NO.C14H26O2.Ir/c1-2-9-15-13(5-1)11-17-19(20-15)14-8-3-6-12-7-4-10-16(21-17)18(12)14;1-6-11(7-2)12(15)10-13(16)14(5,8-3)9-4;/h1-7,9-11H;10-11,15H,6-9H2,1-5H3;/q-1;;/b;12-10-;. The van der Waals surface area contributed by atoms with Crippen LogP contribution in [0.5, 0.6) is 11.5 Å². The molecule has 1 radical (unpaired) electrons. The third-order valence-corrected chi connectivity index (χ3v) is 7.78. The summed E-state index contributed by atoms with van der Waals surface area (Å²) in [6.07, 6.45) is 4.83. The van der Waals surface area contributed by atoms with Crippen LogP contribution in [-0.2, 0) is 24.9 Å². The number of para-hydroxylation sites is 1. The molecule has 0 saturated carbocycles. The Morgan fingerprint density at radius 1 is 1.00 bits per heavy atom. The van der Waals surface area contributed by atoms with Gasteiger partial charge in [-0.3, -0.25) is 9.78 Å². The topological polar surface area (TPSA) is 59.4 Å². The first kappa shape index (κ1) is 29.5. The summed E-state index contributed by atoms with van der Waals surface area (Å²) >= 11 is 0. The van der Waals surface area contributed by atoms with E-state index in [1.165, 1.54) is 6.08 Å². The van der Waals surface area contributed by atoms with E-state index in [0.29, 0.717) is 0 Å². The summed E-state index contributed by atoms with van der Waals surface area (Å²) < 4.78 is 6.08. The van der Waals surface area contributed by atoms with Crippen molar-refractivity contribution < 1.29 is 34.7 Å². The van der Waals surface area contributed by atoms with Crippen molar-refractivity contribution in [1.29, 1.82) is 0 Å². The number of carbonyl (C=O) groups is 1. The Morgan fingerprint density at radius 2 is 1.68 bits per heavy atom. The van der Waals surface area contributed by atoms with E-state index >= 15 is 0 Å². The predicted octanol–water partition coefficient (Wildman–Crippen LogP) is 9.22. The smallest absolute Gasteiger partial charge is 0.164 e. The zero-order valence-corrected chi connectivity index (χ0v) is 25.2. The number of pyridine rings is 1. The molecule has 1 N–H and O–H groups in total. The first-order valence-electron chi connectivity index (χ1n) is 13.3. The van der Waals surface area contributed by atoms with Crippen molar-refractivity contribution in [2.45, 2.75) is 60.3 Å².